The molecule has 2 amide bonds. The van der Waals surface area contributed by atoms with Gasteiger partial charge in [-0.3, -0.25) is 9.59 Å². The van der Waals surface area contributed by atoms with Gasteiger partial charge in [-0.2, -0.15) is 0 Å². The number of fused-ring (bicyclic) bond motifs is 1. The lowest BCUT2D eigenvalue weighted by Gasteiger charge is -2.33. The molecule has 2 N–H and O–H groups in total. The molecule has 1 aliphatic rings. The average molecular weight is 436 g/mol. The van der Waals surface area contributed by atoms with E-state index in [-0.39, 0.29) is 17.7 Å². The minimum absolute atomic E-state index is 0.0787. The van der Waals surface area contributed by atoms with Crippen LogP contribution in [0.2, 0.25) is 0 Å². The quantitative estimate of drug-likeness (QED) is 0.616. The van der Waals surface area contributed by atoms with Crippen LogP contribution < -0.4 is 15.5 Å². The van der Waals surface area contributed by atoms with Crippen molar-refractivity contribution in [1.82, 2.24) is 15.3 Å². The van der Waals surface area contributed by atoms with Gasteiger partial charge >= 0.3 is 0 Å². The molecule has 1 aliphatic heterocycles. The number of hydrogen-bond acceptors (Lipinski definition) is 6. The van der Waals surface area contributed by atoms with E-state index >= 15 is 0 Å². The fraction of sp³-hybridized carbons (Fsp3) is 0.417. The highest BCUT2D eigenvalue weighted by atomic mass is 16.3. The number of nitrogens with zero attached hydrogens (tertiary/aromatic N) is 3. The van der Waals surface area contributed by atoms with Gasteiger partial charge in [0.15, 0.2) is 0 Å². The Morgan fingerprint density at radius 1 is 1.19 bits per heavy atom. The number of furan rings is 1. The number of hydrogen-bond donors (Lipinski definition) is 2. The smallest absolute Gasteiger partial charge is 0.231 e. The second-order valence-corrected chi connectivity index (χ2v) is 8.36. The van der Waals surface area contributed by atoms with Crippen molar-refractivity contribution in [3.63, 3.8) is 0 Å². The van der Waals surface area contributed by atoms with Crippen molar-refractivity contribution >= 4 is 34.4 Å². The van der Waals surface area contributed by atoms with Gasteiger partial charge in [-0.05, 0) is 50.8 Å². The molecule has 32 heavy (non-hydrogen) atoms. The molecule has 1 fully saturated rings. The molecule has 1 saturated heterocycles. The largest absolute Gasteiger partial charge is 0.443 e. The van der Waals surface area contributed by atoms with E-state index in [1.807, 2.05) is 38.1 Å². The van der Waals surface area contributed by atoms with Gasteiger partial charge in [-0.1, -0.05) is 12.1 Å². The summed E-state index contributed by atoms with van der Waals surface area (Å²) in [6, 6.07) is 7.68. The number of anilines is 2. The molecule has 0 radical (unpaired) electrons. The molecule has 8 nitrogen and oxygen atoms in total. The van der Waals surface area contributed by atoms with E-state index in [0.29, 0.717) is 18.8 Å². The van der Waals surface area contributed by atoms with Crippen LogP contribution in [0.25, 0.3) is 11.1 Å². The summed E-state index contributed by atoms with van der Waals surface area (Å²) >= 11 is 0. The SMILES string of the molecule is CC(=O)Nc1ccc(CCNC(=O)C2CCCN(c3ncnc4oc(C)c(C)c34)C2)cc1. The topological polar surface area (TPSA) is 100 Å². The van der Waals surface area contributed by atoms with Crippen LogP contribution >= 0.6 is 0 Å². The molecule has 3 heterocycles. The Morgan fingerprint density at radius 3 is 2.72 bits per heavy atom. The van der Waals surface area contributed by atoms with Gasteiger partial charge in [-0.15, -0.1) is 0 Å². The molecule has 0 bridgehead atoms. The van der Waals surface area contributed by atoms with E-state index < -0.39 is 0 Å². The lowest BCUT2D eigenvalue weighted by molar-refractivity contribution is -0.125. The fourth-order valence-electron chi connectivity index (χ4n) is 4.22. The van der Waals surface area contributed by atoms with Crippen LogP contribution in [0, 0.1) is 19.8 Å². The number of aryl methyl sites for hydroxylation is 2. The van der Waals surface area contributed by atoms with Crippen molar-refractivity contribution < 1.29 is 14.0 Å². The van der Waals surface area contributed by atoms with Crippen molar-refractivity contribution in [3.8, 4) is 0 Å². The highest BCUT2D eigenvalue weighted by Gasteiger charge is 2.28. The van der Waals surface area contributed by atoms with Gasteiger partial charge in [0.05, 0.1) is 11.3 Å². The van der Waals surface area contributed by atoms with Crippen LogP contribution in [0.4, 0.5) is 11.5 Å². The number of aromatic nitrogens is 2. The van der Waals surface area contributed by atoms with E-state index in [4.69, 9.17) is 4.42 Å². The first-order valence-corrected chi connectivity index (χ1v) is 11.0. The molecule has 4 rings (SSSR count). The first-order valence-electron chi connectivity index (χ1n) is 11.0. The molecule has 0 spiro atoms. The molecule has 168 valence electrons. The van der Waals surface area contributed by atoms with Crippen molar-refractivity contribution in [2.24, 2.45) is 5.92 Å². The normalized spacial score (nSPS) is 16.2. The molecular formula is C24H29N5O3. The Hall–Kier alpha value is -3.42. The van der Waals surface area contributed by atoms with Crippen LogP contribution in [0.15, 0.2) is 35.0 Å². The fourth-order valence-corrected chi connectivity index (χ4v) is 4.22. The first-order chi connectivity index (χ1) is 15.4. The lowest BCUT2D eigenvalue weighted by Crippen LogP contribution is -2.43. The number of rotatable bonds is 6. The average Bonchev–Trinajstić information content (AvgIpc) is 3.08. The summed E-state index contributed by atoms with van der Waals surface area (Å²) in [4.78, 5) is 34.9. The summed E-state index contributed by atoms with van der Waals surface area (Å²) in [5, 5.41) is 6.78. The minimum Gasteiger partial charge on any atom is -0.443 e. The van der Waals surface area contributed by atoms with Crippen LogP contribution in [-0.2, 0) is 16.0 Å². The van der Waals surface area contributed by atoms with Gasteiger partial charge < -0.3 is 20.0 Å². The van der Waals surface area contributed by atoms with Gasteiger partial charge in [0, 0.05) is 37.8 Å². The molecule has 1 unspecified atom stereocenters. The third-order valence-corrected chi connectivity index (χ3v) is 6.02. The van der Waals surface area contributed by atoms with Crippen LogP contribution in [0.3, 0.4) is 0 Å². The van der Waals surface area contributed by atoms with Crippen molar-refractivity contribution in [3.05, 3.63) is 47.5 Å². The standard InChI is InChI=1S/C24H29N5O3/c1-15-16(2)32-24-21(15)22(26-14-27-24)29-12-4-5-19(13-29)23(31)25-11-10-18-6-8-20(9-7-18)28-17(3)30/h6-9,14,19H,4-5,10-13H2,1-3H3,(H,25,31)(H,28,30). The Morgan fingerprint density at radius 2 is 1.97 bits per heavy atom. The van der Waals surface area contributed by atoms with Crippen molar-refractivity contribution in [2.45, 2.75) is 40.0 Å². The van der Waals surface area contributed by atoms with Crippen LogP contribution in [0.5, 0.6) is 0 Å². The third kappa shape index (κ3) is 4.74. The second kappa shape index (κ2) is 9.38. The summed E-state index contributed by atoms with van der Waals surface area (Å²) in [6.07, 6.45) is 4.07. The highest BCUT2D eigenvalue weighted by Crippen LogP contribution is 2.32. The number of amides is 2. The molecule has 8 heteroatoms. The van der Waals surface area contributed by atoms with E-state index in [9.17, 15) is 9.59 Å². The number of benzene rings is 1. The molecular weight excluding hydrogens is 406 g/mol. The zero-order chi connectivity index (χ0) is 22.7. The third-order valence-electron chi connectivity index (χ3n) is 6.02. The maximum absolute atomic E-state index is 12.8. The van der Waals surface area contributed by atoms with Gasteiger partial charge in [0.1, 0.15) is 17.9 Å². The van der Waals surface area contributed by atoms with Crippen LogP contribution in [0.1, 0.15) is 36.7 Å². The number of nitrogens with one attached hydrogen (secondary N) is 2. The van der Waals surface area contributed by atoms with E-state index in [1.165, 1.54) is 13.3 Å². The summed E-state index contributed by atoms with van der Waals surface area (Å²) in [5.41, 5.74) is 3.53. The minimum atomic E-state index is -0.0905. The Bertz CT molecular complexity index is 1120. The summed E-state index contributed by atoms with van der Waals surface area (Å²) in [5.74, 6) is 1.60. The predicted octanol–water partition coefficient (Wildman–Crippen LogP) is 3.37. The summed E-state index contributed by atoms with van der Waals surface area (Å²) in [6.45, 7) is 7.51. The van der Waals surface area contributed by atoms with E-state index in [0.717, 1.165) is 59.6 Å². The molecule has 2 aromatic heterocycles. The zero-order valence-electron chi connectivity index (χ0n) is 18.8. The van der Waals surface area contributed by atoms with Crippen molar-refractivity contribution in [1.29, 1.82) is 0 Å². The molecule has 1 atom stereocenters. The van der Waals surface area contributed by atoms with E-state index in [1.54, 1.807) is 0 Å². The molecule has 0 saturated carbocycles. The first kappa shape index (κ1) is 21.8. The number of carbonyl (C=O) groups is 2. The Balaban J connectivity index is 1.35. The van der Waals surface area contributed by atoms with Gasteiger partial charge in [-0.25, -0.2) is 9.97 Å². The maximum atomic E-state index is 12.8. The Labute approximate surface area is 187 Å². The van der Waals surface area contributed by atoms with Gasteiger partial charge in [0.2, 0.25) is 17.5 Å². The second-order valence-electron chi connectivity index (χ2n) is 8.36. The van der Waals surface area contributed by atoms with E-state index in [2.05, 4.69) is 25.5 Å². The number of piperidine rings is 1. The monoisotopic (exact) mass is 435 g/mol. The predicted molar refractivity (Wildman–Crippen MR) is 124 cm³/mol. The lowest BCUT2D eigenvalue weighted by atomic mass is 9.96. The molecule has 1 aromatic carbocycles. The van der Waals surface area contributed by atoms with Crippen LogP contribution in [-0.4, -0.2) is 41.4 Å². The highest BCUT2D eigenvalue weighted by molar-refractivity contribution is 5.90. The van der Waals surface area contributed by atoms with Gasteiger partial charge in [0.25, 0.3) is 0 Å². The molecule has 3 aromatic rings. The summed E-state index contributed by atoms with van der Waals surface area (Å²) in [7, 11) is 0. The van der Waals surface area contributed by atoms with Crippen molar-refractivity contribution in [2.75, 3.05) is 29.9 Å². The molecule has 0 aliphatic carbocycles. The Kier molecular flexibility index (Phi) is 6.39. The summed E-state index contributed by atoms with van der Waals surface area (Å²) < 4.78 is 5.75. The number of carbonyl (C=O) groups excluding carboxylic acids is 2. The maximum Gasteiger partial charge on any atom is 0.231 e. The zero-order valence-corrected chi connectivity index (χ0v) is 18.8.